The fourth-order valence-corrected chi connectivity index (χ4v) is 2.25. The summed E-state index contributed by atoms with van der Waals surface area (Å²) in [5, 5.41) is 19.6. The summed E-state index contributed by atoms with van der Waals surface area (Å²) in [6, 6.07) is 2.21. The van der Waals surface area contributed by atoms with Crippen LogP contribution in [0.2, 0.25) is 10.0 Å². The summed E-state index contributed by atoms with van der Waals surface area (Å²) < 4.78 is 0. The molecule has 1 rings (SSSR count). The maximum Gasteiger partial charge on any atom is 0.311 e. The van der Waals surface area contributed by atoms with Crippen LogP contribution in [-0.4, -0.2) is 16.0 Å². The van der Waals surface area contributed by atoms with Crippen molar-refractivity contribution in [2.75, 3.05) is 0 Å². The fourth-order valence-electron chi connectivity index (χ4n) is 1.51. The second kappa shape index (κ2) is 5.33. The first-order chi connectivity index (χ1) is 7.88. The largest absolute Gasteiger partial charge is 0.481 e. The van der Waals surface area contributed by atoms with E-state index in [4.69, 9.17) is 28.3 Å². The number of carboxylic acid groups (broad SMARTS) is 1. The molecule has 1 atom stereocenters. The van der Waals surface area contributed by atoms with Gasteiger partial charge < -0.3 is 5.11 Å². The Bertz CT molecular complexity index is 452. The maximum atomic E-state index is 11.0. The van der Waals surface area contributed by atoms with E-state index in [2.05, 4.69) is 0 Å². The van der Waals surface area contributed by atoms with Crippen molar-refractivity contribution in [2.24, 2.45) is 0 Å². The molecular formula is C10H9Cl2NO4. The van der Waals surface area contributed by atoms with Gasteiger partial charge in [0.1, 0.15) is 0 Å². The van der Waals surface area contributed by atoms with Crippen molar-refractivity contribution >= 4 is 34.9 Å². The first kappa shape index (κ1) is 13.7. The van der Waals surface area contributed by atoms with Crippen molar-refractivity contribution in [2.45, 2.75) is 19.3 Å². The molecule has 1 unspecified atom stereocenters. The van der Waals surface area contributed by atoms with Crippen molar-refractivity contribution in [1.29, 1.82) is 0 Å². The zero-order valence-corrected chi connectivity index (χ0v) is 10.3. The third-order valence-electron chi connectivity index (χ3n) is 2.33. The molecule has 92 valence electrons. The zero-order valence-electron chi connectivity index (χ0n) is 8.81. The minimum atomic E-state index is -1.06. The Hall–Kier alpha value is -1.33. The predicted molar refractivity (Wildman–Crippen MR) is 63.8 cm³/mol. The highest BCUT2D eigenvalue weighted by atomic mass is 35.5. The summed E-state index contributed by atoms with van der Waals surface area (Å²) in [4.78, 5) is 20.9. The molecule has 0 heterocycles. The molecule has 1 aromatic rings. The second-order valence-electron chi connectivity index (χ2n) is 3.38. The number of nitro benzene ring substituents is 1. The van der Waals surface area contributed by atoms with Crippen LogP contribution in [0.3, 0.4) is 0 Å². The molecule has 1 aromatic carbocycles. The molecular weight excluding hydrogens is 269 g/mol. The van der Waals surface area contributed by atoms with Gasteiger partial charge in [-0.15, -0.1) is 0 Å². The lowest BCUT2D eigenvalue weighted by atomic mass is 9.96. The molecule has 0 amide bonds. The Labute approximate surface area is 107 Å². The average Bonchev–Trinajstić information content (AvgIpc) is 2.22. The number of nitro groups is 1. The first-order valence-corrected chi connectivity index (χ1v) is 5.50. The monoisotopic (exact) mass is 277 g/mol. The Morgan fingerprint density at radius 3 is 2.24 bits per heavy atom. The quantitative estimate of drug-likeness (QED) is 0.675. The van der Waals surface area contributed by atoms with Gasteiger partial charge in [0.15, 0.2) is 0 Å². The van der Waals surface area contributed by atoms with Crippen LogP contribution in [0.25, 0.3) is 0 Å². The van der Waals surface area contributed by atoms with Crippen molar-refractivity contribution < 1.29 is 14.8 Å². The molecule has 0 saturated heterocycles. The van der Waals surface area contributed by atoms with Crippen molar-refractivity contribution in [3.05, 3.63) is 37.9 Å². The van der Waals surface area contributed by atoms with Gasteiger partial charge in [0.2, 0.25) is 0 Å². The van der Waals surface area contributed by atoms with E-state index in [-0.39, 0.29) is 21.3 Å². The molecule has 5 nitrogen and oxygen atoms in total. The highest BCUT2D eigenvalue weighted by Crippen LogP contribution is 2.36. The van der Waals surface area contributed by atoms with Gasteiger partial charge >= 0.3 is 5.97 Å². The molecule has 17 heavy (non-hydrogen) atoms. The minimum Gasteiger partial charge on any atom is -0.481 e. The number of carbonyl (C=O) groups is 1. The van der Waals surface area contributed by atoms with E-state index in [0.29, 0.717) is 6.42 Å². The molecule has 1 N–H and O–H groups in total. The van der Waals surface area contributed by atoms with Crippen LogP contribution < -0.4 is 0 Å². The second-order valence-corrected chi connectivity index (χ2v) is 4.19. The lowest BCUT2D eigenvalue weighted by molar-refractivity contribution is -0.384. The molecule has 0 aromatic heterocycles. The maximum absolute atomic E-state index is 11.0. The molecule has 7 heteroatoms. The molecule has 0 bridgehead atoms. The van der Waals surface area contributed by atoms with E-state index >= 15 is 0 Å². The molecule has 0 aliphatic carbocycles. The number of aliphatic carboxylic acids is 1. The van der Waals surface area contributed by atoms with Crippen molar-refractivity contribution in [3.63, 3.8) is 0 Å². The van der Waals surface area contributed by atoms with Crippen LogP contribution in [0.1, 0.15) is 24.8 Å². The summed E-state index contributed by atoms with van der Waals surface area (Å²) in [5.74, 6) is -1.93. The fraction of sp³-hybridized carbons (Fsp3) is 0.300. The minimum absolute atomic E-state index is 0.00144. The first-order valence-electron chi connectivity index (χ1n) is 4.74. The van der Waals surface area contributed by atoms with Gasteiger partial charge in [-0.05, 0) is 6.42 Å². The lowest BCUT2D eigenvalue weighted by Gasteiger charge is -2.13. The van der Waals surface area contributed by atoms with Crippen molar-refractivity contribution in [3.8, 4) is 0 Å². The zero-order chi connectivity index (χ0) is 13.2. The molecule has 0 aliphatic rings. The number of halogens is 2. The van der Waals surface area contributed by atoms with Gasteiger partial charge in [0.25, 0.3) is 5.69 Å². The van der Waals surface area contributed by atoms with Gasteiger partial charge in [-0.2, -0.15) is 0 Å². The van der Waals surface area contributed by atoms with Gasteiger partial charge in [0, 0.05) is 17.7 Å². The molecule has 0 saturated carbocycles. The van der Waals surface area contributed by atoms with Gasteiger partial charge in [0.05, 0.1) is 20.9 Å². The Morgan fingerprint density at radius 2 is 1.94 bits per heavy atom. The van der Waals surface area contributed by atoms with Crippen LogP contribution in [0.15, 0.2) is 12.1 Å². The summed E-state index contributed by atoms with van der Waals surface area (Å²) in [5.41, 5.74) is -0.0436. The number of non-ortho nitro benzene ring substituents is 1. The summed E-state index contributed by atoms with van der Waals surface area (Å²) in [6.45, 7) is 1.67. The van der Waals surface area contributed by atoms with Crippen LogP contribution in [0.5, 0.6) is 0 Å². The standard InChI is InChI=1S/C10H9Cl2NO4/c1-2-6(10(14)15)9-7(11)3-5(13(16)17)4-8(9)12/h3-4,6H,2H2,1H3,(H,14,15). The highest BCUT2D eigenvalue weighted by molar-refractivity contribution is 6.36. The topological polar surface area (TPSA) is 80.4 Å². The number of hydrogen-bond acceptors (Lipinski definition) is 3. The van der Waals surface area contributed by atoms with Crippen LogP contribution >= 0.6 is 23.2 Å². The van der Waals surface area contributed by atoms with Gasteiger partial charge in [-0.25, -0.2) is 0 Å². The van der Waals surface area contributed by atoms with Gasteiger partial charge in [-0.1, -0.05) is 30.1 Å². The predicted octanol–water partition coefficient (Wildman–Crippen LogP) is 3.48. The van der Waals surface area contributed by atoms with E-state index in [1.807, 2.05) is 0 Å². The Kier molecular flexibility index (Phi) is 4.31. The Balaban J connectivity index is 3.35. The van der Waals surface area contributed by atoms with Gasteiger partial charge in [-0.3, -0.25) is 14.9 Å². The third-order valence-corrected chi connectivity index (χ3v) is 2.95. The smallest absolute Gasteiger partial charge is 0.311 e. The number of nitrogens with zero attached hydrogens (tertiary/aromatic N) is 1. The highest BCUT2D eigenvalue weighted by Gasteiger charge is 2.25. The van der Waals surface area contributed by atoms with Crippen LogP contribution in [-0.2, 0) is 4.79 Å². The average molecular weight is 278 g/mol. The van der Waals surface area contributed by atoms with E-state index in [1.54, 1.807) is 6.92 Å². The molecule has 0 radical (unpaired) electrons. The third kappa shape index (κ3) is 2.87. The number of benzene rings is 1. The summed E-state index contributed by atoms with van der Waals surface area (Å²) in [7, 11) is 0. The van der Waals surface area contributed by atoms with E-state index in [1.165, 1.54) is 0 Å². The summed E-state index contributed by atoms with van der Waals surface area (Å²) >= 11 is 11.7. The van der Waals surface area contributed by atoms with Crippen LogP contribution in [0, 0.1) is 10.1 Å². The molecule has 0 fully saturated rings. The van der Waals surface area contributed by atoms with E-state index in [0.717, 1.165) is 12.1 Å². The van der Waals surface area contributed by atoms with Crippen molar-refractivity contribution in [1.82, 2.24) is 0 Å². The number of carboxylic acids is 1. The van der Waals surface area contributed by atoms with Crippen LogP contribution in [0.4, 0.5) is 5.69 Å². The SMILES string of the molecule is CCC(C(=O)O)c1c(Cl)cc([N+](=O)[O-])cc1Cl. The summed E-state index contributed by atoms with van der Waals surface area (Å²) in [6.07, 6.45) is 0.298. The van der Waals surface area contributed by atoms with E-state index in [9.17, 15) is 14.9 Å². The molecule has 0 aliphatic heterocycles. The number of hydrogen-bond donors (Lipinski definition) is 1. The normalized spacial score (nSPS) is 12.2. The Morgan fingerprint density at radius 1 is 1.47 bits per heavy atom. The molecule has 0 spiro atoms. The van der Waals surface area contributed by atoms with E-state index < -0.39 is 16.8 Å². The number of rotatable bonds is 4. The lowest BCUT2D eigenvalue weighted by Crippen LogP contribution is -2.11.